The van der Waals surface area contributed by atoms with Crippen molar-refractivity contribution < 1.29 is 4.39 Å². The molecule has 1 radical (unpaired) electrons. The summed E-state index contributed by atoms with van der Waals surface area (Å²) in [5, 5.41) is 0. The van der Waals surface area contributed by atoms with Gasteiger partial charge in [0.25, 0.3) is 0 Å². The van der Waals surface area contributed by atoms with Gasteiger partial charge in [0.05, 0.1) is 0 Å². The second-order valence-corrected chi connectivity index (χ2v) is 3.77. The Morgan fingerprint density at radius 2 is 2.00 bits per heavy atom. The summed E-state index contributed by atoms with van der Waals surface area (Å²) >= 11 is 0. The van der Waals surface area contributed by atoms with Crippen molar-refractivity contribution in [3.63, 3.8) is 0 Å². The molecule has 1 aromatic rings. The normalized spacial score (nSPS) is 18.8. The molecule has 0 amide bonds. The van der Waals surface area contributed by atoms with Crippen LogP contribution in [0.4, 0.5) is 4.39 Å². The summed E-state index contributed by atoms with van der Waals surface area (Å²) in [6.07, 6.45) is 6.07. The third-order valence-corrected chi connectivity index (χ3v) is 2.85. The topological polar surface area (TPSA) is 0 Å². The Morgan fingerprint density at radius 1 is 1.23 bits per heavy atom. The van der Waals surface area contributed by atoms with Gasteiger partial charge in [-0.1, -0.05) is 31.4 Å². The van der Waals surface area contributed by atoms with Crippen molar-refractivity contribution in [2.24, 2.45) is 0 Å². The van der Waals surface area contributed by atoms with E-state index in [4.69, 9.17) is 0 Å². The van der Waals surface area contributed by atoms with Crippen LogP contribution in [0, 0.1) is 11.9 Å². The number of hydrogen-bond acceptors (Lipinski definition) is 0. The first-order chi connectivity index (χ1) is 6.38. The minimum Gasteiger partial charge on any atom is -0.207 e. The zero-order chi connectivity index (χ0) is 9.10. The van der Waals surface area contributed by atoms with Gasteiger partial charge in [-0.3, -0.25) is 0 Å². The van der Waals surface area contributed by atoms with Crippen LogP contribution in [0.5, 0.6) is 0 Å². The van der Waals surface area contributed by atoms with Crippen molar-refractivity contribution in [1.82, 2.24) is 0 Å². The standard InChI is InChI=1S/C12H14F/c13-12-9-5-4-8-11(12)10-6-2-1-3-7-10/h4-5,9-10H,1-3,6-7H2. The average molecular weight is 177 g/mol. The molecular formula is C12H14F. The Hall–Kier alpha value is -0.850. The molecule has 1 saturated carbocycles. The van der Waals surface area contributed by atoms with Gasteiger partial charge in [0.1, 0.15) is 5.82 Å². The molecule has 0 unspecified atom stereocenters. The minimum atomic E-state index is -0.0746. The quantitative estimate of drug-likeness (QED) is 0.614. The van der Waals surface area contributed by atoms with Crippen LogP contribution in [-0.2, 0) is 0 Å². The van der Waals surface area contributed by atoms with Crippen molar-refractivity contribution in [2.45, 2.75) is 38.0 Å². The lowest BCUT2D eigenvalue weighted by atomic mass is 9.84. The first-order valence-corrected chi connectivity index (χ1v) is 5.04. The molecule has 0 atom stereocenters. The van der Waals surface area contributed by atoms with Gasteiger partial charge in [0.2, 0.25) is 0 Å². The van der Waals surface area contributed by atoms with Gasteiger partial charge in [0.15, 0.2) is 0 Å². The molecule has 0 aromatic heterocycles. The molecular weight excluding hydrogens is 163 g/mol. The van der Waals surface area contributed by atoms with E-state index in [-0.39, 0.29) is 5.82 Å². The number of rotatable bonds is 1. The third kappa shape index (κ3) is 1.90. The predicted octanol–water partition coefficient (Wildman–Crippen LogP) is 3.67. The van der Waals surface area contributed by atoms with Crippen molar-refractivity contribution in [2.75, 3.05) is 0 Å². The minimum absolute atomic E-state index is 0.0746. The van der Waals surface area contributed by atoms with Crippen molar-refractivity contribution in [3.8, 4) is 0 Å². The fourth-order valence-corrected chi connectivity index (χ4v) is 2.13. The molecule has 13 heavy (non-hydrogen) atoms. The molecule has 0 bridgehead atoms. The summed E-state index contributed by atoms with van der Waals surface area (Å²) in [6.45, 7) is 0. The highest BCUT2D eigenvalue weighted by Crippen LogP contribution is 2.33. The molecule has 0 aliphatic heterocycles. The van der Waals surface area contributed by atoms with Crippen molar-refractivity contribution >= 4 is 0 Å². The molecule has 0 N–H and O–H groups in total. The lowest BCUT2D eigenvalue weighted by molar-refractivity contribution is 0.429. The first kappa shape index (κ1) is 8.74. The maximum absolute atomic E-state index is 13.3. The van der Waals surface area contributed by atoms with Gasteiger partial charge in [-0.15, -0.1) is 0 Å². The van der Waals surface area contributed by atoms with E-state index in [0.717, 1.165) is 18.4 Å². The van der Waals surface area contributed by atoms with E-state index in [0.29, 0.717) is 5.92 Å². The molecule has 1 heteroatoms. The maximum atomic E-state index is 13.3. The highest BCUT2D eigenvalue weighted by molar-refractivity contribution is 5.20. The first-order valence-electron chi connectivity index (χ1n) is 5.04. The Labute approximate surface area is 78.8 Å². The van der Waals surface area contributed by atoms with Crippen LogP contribution >= 0.6 is 0 Å². The third-order valence-electron chi connectivity index (χ3n) is 2.85. The summed E-state index contributed by atoms with van der Waals surface area (Å²) in [5.74, 6) is 0.351. The highest BCUT2D eigenvalue weighted by Gasteiger charge is 2.17. The summed E-state index contributed by atoms with van der Waals surface area (Å²) < 4.78 is 13.3. The van der Waals surface area contributed by atoms with Crippen molar-refractivity contribution in [1.29, 1.82) is 0 Å². The zero-order valence-electron chi connectivity index (χ0n) is 7.72. The fraction of sp³-hybridized carbons (Fsp3) is 0.500. The molecule has 1 aromatic carbocycles. The SMILES string of the molecule is Fc1ccc[c]c1C1CCCCC1. The number of benzene rings is 1. The van der Waals surface area contributed by atoms with E-state index in [2.05, 4.69) is 6.07 Å². The highest BCUT2D eigenvalue weighted by atomic mass is 19.1. The number of halogens is 1. The van der Waals surface area contributed by atoms with Gasteiger partial charge in [-0.2, -0.15) is 0 Å². The Kier molecular flexibility index (Phi) is 2.62. The zero-order valence-corrected chi connectivity index (χ0v) is 7.72. The van der Waals surface area contributed by atoms with Crippen LogP contribution in [-0.4, -0.2) is 0 Å². The molecule has 1 fully saturated rings. The van der Waals surface area contributed by atoms with Crippen LogP contribution in [0.3, 0.4) is 0 Å². The summed E-state index contributed by atoms with van der Waals surface area (Å²) in [5.41, 5.74) is 0.808. The van der Waals surface area contributed by atoms with Crippen LogP contribution in [0.1, 0.15) is 43.6 Å². The molecule has 1 aliphatic carbocycles. The average Bonchev–Trinajstić information content (AvgIpc) is 2.20. The van der Waals surface area contributed by atoms with Gasteiger partial charge in [-0.25, -0.2) is 4.39 Å². The van der Waals surface area contributed by atoms with E-state index < -0.39 is 0 Å². The Bertz CT molecular complexity index is 274. The van der Waals surface area contributed by atoms with E-state index in [1.54, 1.807) is 12.1 Å². The second kappa shape index (κ2) is 3.91. The molecule has 69 valence electrons. The van der Waals surface area contributed by atoms with Gasteiger partial charge < -0.3 is 0 Å². The van der Waals surface area contributed by atoms with E-state index in [1.165, 1.54) is 19.3 Å². The summed E-state index contributed by atoms with van der Waals surface area (Å²) in [6, 6.07) is 8.10. The smallest absolute Gasteiger partial charge is 0.127 e. The van der Waals surface area contributed by atoms with E-state index in [1.807, 2.05) is 6.07 Å². The lowest BCUT2D eigenvalue weighted by Gasteiger charge is -2.21. The summed E-state index contributed by atoms with van der Waals surface area (Å²) in [7, 11) is 0. The van der Waals surface area contributed by atoms with Gasteiger partial charge in [-0.05, 0) is 36.5 Å². The van der Waals surface area contributed by atoms with Crippen LogP contribution < -0.4 is 0 Å². The molecule has 0 spiro atoms. The Morgan fingerprint density at radius 3 is 2.69 bits per heavy atom. The van der Waals surface area contributed by atoms with Crippen LogP contribution in [0.15, 0.2) is 18.2 Å². The van der Waals surface area contributed by atoms with Crippen LogP contribution in [0.25, 0.3) is 0 Å². The predicted molar refractivity (Wildman–Crippen MR) is 51.1 cm³/mol. The maximum Gasteiger partial charge on any atom is 0.127 e. The molecule has 0 saturated heterocycles. The lowest BCUT2D eigenvalue weighted by Crippen LogP contribution is -2.06. The molecule has 1 aliphatic rings. The molecule has 0 heterocycles. The van der Waals surface area contributed by atoms with E-state index >= 15 is 0 Å². The second-order valence-electron chi connectivity index (χ2n) is 3.77. The largest absolute Gasteiger partial charge is 0.207 e. The molecule has 2 rings (SSSR count). The Balaban J connectivity index is 2.18. The van der Waals surface area contributed by atoms with Crippen molar-refractivity contribution in [3.05, 3.63) is 35.6 Å². The molecule has 0 nitrogen and oxygen atoms in total. The fourth-order valence-electron chi connectivity index (χ4n) is 2.13. The van der Waals surface area contributed by atoms with Crippen LogP contribution in [0.2, 0.25) is 0 Å². The van der Waals surface area contributed by atoms with Gasteiger partial charge in [0, 0.05) is 0 Å². The van der Waals surface area contributed by atoms with Gasteiger partial charge >= 0.3 is 0 Å². The summed E-state index contributed by atoms with van der Waals surface area (Å²) in [4.78, 5) is 0. The monoisotopic (exact) mass is 177 g/mol. The van der Waals surface area contributed by atoms with E-state index in [9.17, 15) is 4.39 Å². The number of hydrogen-bond donors (Lipinski definition) is 0.